The van der Waals surface area contributed by atoms with Crippen molar-refractivity contribution in [3.05, 3.63) is 29.6 Å². The second-order valence-corrected chi connectivity index (χ2v) is 5.73. The van der Waals surface area contributed by atoms with Gasteiger partial charge < -0.3 is 5.32 Å². The van der Waals surface area contributed by atoms with E-state index in [0.717, 1.165) is 11.8 Å². The summed E-state index contributed by atoms with van der Waals surface area (Å²) in [5, 5.41) is 4.43. The molecule has 1 saturated heterocycles. The Kier molecular flexibility index (Phi) is 3.65. The van der Waals surface area contributed by atoms with Crippen molar-refractivity contribution in [3.8, 4) is 0 Å². The summed E-state index contributed by atoms with van der Waals surface area (Å²) in [6.45, 7) is 5.41. The Labute approximate surface area is 95.9 Å². The molecule has 2 unspecified atom stereocenters. The van der Waals surface area contributed by atoms with Crippen LogP contribution in [0.5, 0.6) is 0 Å². The number of nitrogens with one attached hydrogen (secondary N) is 1. The molecule has 82 valence electrons. The van der Waals surface area contributed by atoms with Gasteiger partial charge in [-0.05, 0) is 30.5 Å². The van der Waals surface area contributed by atoms with Crippen LogP contribution in [-0.4, -0.2) is 22.0 Å². The third kappa shape index (κ3) is 2.95. The molecule has 2 heterocycles. The maximum absolute atomic E-state index is 4.16. The molecule has 1 fully saturated rings. The fourth-order valence-electron chi connectivity index (χ4n) is 1.90. The number of aromatic nitrogens is 1. The lowest BCUT2D eigenvalue weighted by molar-refractivity contribution is 0.537. The topological polar surface area (TPSA) is 24.9 Å². The van der Waals surface area contributed by atoms with E-state index in [4.69, 9.17) is 0 Å². The Hall–Kier alpha value is -0.540. The van der Waals surface area contributed by atoms with Crippen molar-refractivity contribution >= 4 is 11.8 Å². The van der Waals surface area contributed by atoms with Crippen LogP contribution in [0.25, 0.3) is 0 Å². The lowest BCUT2D eigenvalue weighted by Gasteiger charge is -2.12. The van der Waals surface area contributed by atoms with Crippen molar-refractivity contribution in [3.63, 3.8) is 0 Å². The largest absolute Gasteiger partial charge is 0.309 e. The molecule has 15 heavy (non-hydrogen) atoms. The van der Waals surface area contributed by atoms with E-state index in [2.05, 4.69) is 42.0 Å². The smallest absolute Gasteiger partial charge is 0.0315 e. The van der Waals surface area contributed by atoms with Gasteiger partial charge in [-0.1, -0.05) is 6.92 Å². The third-order valence-corrected chi connectivity index (χ3v) is 4.28. The number of thioether (sulfide) groups is 1. The number of hydrogen-bond acceptors (Lipinski definition) is 3. The highest BCUT2D eigenvalue weighted by Gasteiger charge is 2.20. The highest BCUT2D eigenvalue weighted by Crippen LogP contribution is 2.26. The molecule has 0 amide bonds. The number of rotatable bonds is 3. The number of pyridine rings is 1. The van der Waals surface area contributed by atoms with Crippen LogP contribution >= 0.6 is 11.8 Å². The van der Waals surface area contributed by atoms with Crippen molar-refractivity contribution in [2.75, 3.05) is 5.75 Å². The normalized spacial score (nSPS) is 25.7. The summed E-state index contributed by atoms with van der Waals surface area (Å²) in [5.74, 6) is 1.25. The summed E-state index contributed by atoms with van der Waals surface area (Å²) in [5.41, 5.74) is 2.65. The predicted molar refractivity (Wildman–Crippen MR) is 66.1 cm³/mol. The number of nitrogens with zero attached hydrogens (tertiary/aromatic N) is 1. The van der Waals surface area contributed by atoms with Crippen molar-refractivity contribution in [2.45, 2.75) is 38.1 Å². The molecule has 1 aromatic heterocycles. The van der Waals surface area contributed by atoms with E-state index in [1.54, 1.807) is 0 Å². The molecule has 2 nitrogen and oxygen atoms in total. The Bertz CT molecular complexity index is 327. The molecule has 0 saturated carbocycles. The molecule has 1 N–H and O–H groups in total. The second kappa shape index (κ2) is 4.99. The number of hydrogen-bond donors (Lipinski definition) is 1. The fourth-order valence-corrected chi connectivity index (χ4v) is 3.08. The van der Waals surface area contributed by atoms with Crippen molar-refractivity contribution in [2.24, 2.45) is 0 Å². The summed E-state index contributed by atoms with van der Waals surface area (Å²) in [4.78, 5) is 4.16. The standard InChI is InChI=1S/C12H18N2S/c1-9-3-4-13-6-11(9)7-14-12-5-10(2)15-8-12/h3-4,6,10,12,14H,5,7-8H2,1-2H3. The summed E-state index contributed by atoms with van der Waals surface area (Å²) < 4.78 is 0. The van der Waals surface area contributed by atoms with Crippen molar-refractivity contribution in [1.29, 1.82) is 0 Å². The van der Waals surface area contributed by atoms with E-state index in [1.807, 2.05) is 12.4 Å². The van der Waals surface area contributed by atoms with Gasteiger partial charge in [-0.15, -0.1) is 0 Å². The maximum Gasteiger partial charge on any atom is 0.0315 e. The van der Waals surface area contributed by atoms with Crippen molar-refractivity contribution < 1.29 is 0 Å². The predicted octanol–water partition coefficient (Wildman–Crippen LogP) is 2.37. The Balaban J connectivity index is 1.86. The zero-order valence-electron chi connectivity index (χ0n) is 9.36. The van der Waals surface area contributed by atoms with E-state index in [0.29, 0.717) is 6.04 Å². The van der Waals surface area contributed by atoms with Gasteiger partial charge in [0.2, 0.25) is 0 Å². The van der Waals surface area contributed by atoms with E-state index < -0.39 is 0 Å². The molecule has 0 aromatic carbocycles. The van der Waals surface area contributed by atoms with Crippen LogP contribution in [-0.2, 0) is 6.54 Å². The van der Waals surface area contributed by atoms with Crippen molar-refractivity contribution in [1.82, 2.24) is 10.3 Å². The molecule has 0 aliphatic carbocycles. The molecular formula is C12H18N2S. The van der Waals surface area contributed by atoms with Crippen LogP contribution in [0, 0.1) is 6.92 Å². The molecule has 1 aliphatic rings. The minimum atomic E-state index is 0.685. The zero-order chi connectivity index (χ0) is 10.7. The summed E-state index contributed by atoms with van der Waals surface area (Å²) in [7, 11) is 0. The SMILES string of the molecule is Cc1ccncc1CNC1CSC(C)C1. The molecule has 1 aromatic rings. The third-order valence-electron chi connectivity index (χ3n) is 2.93. The van der Waals surface area contributed by atoms with Gasteiger partial charge in [-0.2, -0.15) is 11.8 Å². The minimum Gasteiger partial charge on any atom is -0.309 e. The zero-order valence-corrected chi connectivity index (χ0v) is 10.2. The van der Waals surface area contributed by atoms with E-state index in [1.165, 1.54) is 23.3 Å². The second-order valence-electron chi connectivity index (χ2n) is 4.26. The Morgan fingerprint density at radius 2 is 2.47 bits per heavy atom. The highest BCUT2D eigenvalue weighted by molar-refractivity contribution is 8.00. The van der Waals surface area contributed by atoms with Gasteiger partial charge >= 0.3 is 0 Å². The first-order valence-corrected chi connectivity index (χ1v) is 6.55. The van der Waals surface area contributed by atoms with Gasteiger partial charge in [0.05, 0.1) is 0 Å². The molecule has 2 atom stereocenters. The quantitative estimate of drug-likeness (QED) is 0.850. The van der Waals surface area contributed by atoms with Gasteiger partial charge in [-0.25, -0.2) is 0 Å². The van der Waals surface area contributed by atoms with Crippen LogP contribution < -0.4 is 5.32 Å². The molecular weight excluding hydrogens is 204 g/mol. The average molecular weight is 222 g/mol. The molecule has 2 rings (SSSR count). The lowest BCUT2D eigenvalue weighted by Crippen LogP contribution is -2.28. The monoisotopic (exact) mass is 222 g/mol. The molecule has 0 spiro atoms. The molecule has 1 aliphatic heterocycles. The van der Waals surface area contributed by atoms with Gasteiger partial charge in [0.25, 0.3) is 0 Å². The van der Waals surface area contributed by atoms with Crippen LogP contribution in [0.15, 0.2) is 18.5 Å². The van der Waals surface area contributed by atoms with Gasteiger partial charge in [0, 0.05) is 36.0 Å². The van der Waals surface area contributed by atoms with E-state index in [-0.39, 0.29) is 0 Å². The number of aryl methyl sites for hydroxylation is 1. The van der Waals surface area contributed by atoms with E-state index >= 15 is 0 Å². The van der Waals surface area contributed by atoms with Crippen LogP contribution in [0.4, 0.5) is 0 Å². The minimum absolute atomic E-state index is 0.685. The van der Waals surface area contributed by atoms with Gasteiger partial charge in [0.15, 0.2) is 0 Å². The summed E-state index contributed by atoms with van der Waals surface area (Å²) in [6, 6.07) is 2.76. The first-order chi connectivity index (χ1) is 7.25. The first kappa shape index (κ1) is 11.0. The van der Waals surface area contributed by atoms with Gasteiger partial charge in [0.1, 0.15) is 0 Å². The highest BCUT2D eigenvalue weighted by atomic mass is 32.2. The maximum atomic E-state index is 4.16. The molecule has 3 heteroatoms. The lowest BCUT2D eigenvalue weighted by atomic mass is 10.1. The van der Waals surface area contributed by atoms with E-state index in [9.17, 15) is 0 Å². The average Bonchev–Trinajstić information content (AvgIpc) is 2.63. The Morgan fingerprint density at radius 1 is 1.60 bits per heavy atom. The van der Waals surface area contributed by atoms with Crippen LogP contribution in [0.1, 0.15) is 24.5 Å². The summed E-state index contributed by atoms with van der Waals surface area (Å²) in [6.07, 6.45) is 5.12. The summed E-state index contributed by atoms with van der Waals surface area (Å²) >= 11 is 2.07. The first-order valence-electron chi connectivity index (χ1n) is 5.50. The Morgan fingerprint density at radius 3 is 3.13 bits per heavy atom. The molecule has 0 radical (unpaired) electrons. The van der Waals surface area contributed by atoms with Crippen LogP contribution in [0.3, 0.4) is 0 Å². The molecule has 0 bridgehead atoms. The fraction of sp³-hybridized carbons (Fsp3) is 0.583. The van der Waals surface area contributed by atoms with Gasteiger partial charge in [-0.3, -0.25) is 4.98 Å². The van der Waals surface area contributed by atoms with Crippen LogP contribution in [0.2, 0.25) is 0 Å².